The highest BCUT2D eigenvalue weighted by atomic mass is 16.5. The molecule has 0 spiro atoms. The molecule has 3 rings (SSSR count). The van der Waals surface area contributed by atoms with E-state index in [1.165, 1.54) is 11.1 Å². The number of nitrogens with one attached hydrogen (secondary N) is 1. The van der Waals surface area contributed by atoms with Crippen LogP contribution in [-0.4, -0.2) is 35.7 Å². The summed E-state index contributed by atoms with van der Waals surface area (Å²) in [4.78, 5) is 24.1. The van der Waals surface area contributed by atoms with Gasteiger partial charge in [-0.3, -0.25) is 4.79 Å². The molecule has 21 heavy (non-hydrogen) atoms. The van der Waals surface area contributed by atoms with E-state index in [0.29, 0.717) is 38.9 Å². The third-order valence-electron chi connectivity index (χ3n) is 4.54. The van der Waals surface area contributed by atoms with Gasteiger partial charge in [-0.2, -0.15) is 0 Å². The van der Waals surface area contributed by atoms with Gasteiger partial charge in [-0.05, 0) is 24.0 Å². The molecule has 1 fully saturated rings. The zero-order chi connectivity index (χ0) is 14.9. The van der Waals surface area contributed by atoms with Gasteiger partial charge in [0.1, 0.15) is 5.54 Å². The van der Waals surface area contributed by atoms with Crippen LogP contribution >= 0.6 is 0 Å². The number of carboxylic acids is 1. The number of carbonyl (C=O) groups excluding carboxylic acids is 1. The first kappa shape index (κ1) is 14.1. The minimum Gasteiger partial charge on any atom is -0.480 e. The number of hydrogen-bond donors (Lipinski definition) is 2. The number of amides is 1. The first-order valence-corrected chi connectivity index (χ1v) is 7.31. The smallest absolute Gasteiger partial charge is 0.329 e. The summed E-state index contributed by atoms with van der Waals surface area (Å²) in [7, 11) is 0. The second-order valence-corrected chi connectivity index (χ2v) is 5.86. The number of carbonyl (C=O) groups is 2. The average Bonchev–Trinajstić information content (AvgIpc) is 2.92. The van der Waals surface area contributed by atoms with Crippen molar-refractivity contribution in [3.8, 4) is 0 Å². The molecule has 1 saturated heterocycles. The standard InChI is InChI=1S/C16H19NO4/c18-14(13-9-11-3-1-2-4-12(11)10-13)17-16(15(19)20)5-7-21-8-6-16/h1-4,13H,5-10H2,(H,17,18)(H,19,20). The molecule has 0 unspecified atom stereocenters. The highest BCUT2D eigenvalue weighted by Crippen LogP contribution is 2.28. The summed E-state index contributed by atoms with van der Waals surface area (Å²) in [5, 5.41) is 12.3. The summed E-state index contributed by atoms with van der Waals surface area (Å²) in [6, 6.07) is 8.00. The van der Waals surface area contributed by atoms with Crippen molar-refractivity contribution in [2.75, 3.05) is 13.2 Å². The molecular formula is C16H19NO4. The Kier molecular flexibility index (Phi) is 3.68. The SMILES string of the molecule is O=C(NC1(C(=O)O)CCOCC1)C1Cc2ccccc2C1. The van der Waals surface area contributed by atoms with Crippen LogP contribution in [0.3, 0.4) is 0 Å². The maximum absolute atomic E-state index is 12.5. The maximum atomic E-state index is 12.5. The van der Waals surface area contributed by atoms with Gasteiger partial charge < -0.3 is 15.2 Å². The van der Waals surface area contributed by atoms with Crippen molar-refractivity contribution in [2.24, 2.45) is 5.92 Å². The average molecular weight is 289 g/mol. The van der Waals surface area contributed by atoms with Crippen molar-refractivity contribution >= 4 is 11.9 Å². The number of rotatable bonds is 3. The van der Waals surface area contributed by atoms with E-state index in [4.69, 9.17) is 4.74 Å². The Morgan fingerprint density at radius 1 is 1.14 bits per heavy atom. The molecule has 0 bridgehead atoms. The Bertz CT molecular complexity index is 538. The van der Waals surface area contributed by atoms with E-state index in [2.05, 4.69) is 5.32 Å². The van der Waals surface area contributed by atoms with Crippen LogP contribution in [0, 0.1) is 5.92 Å². The Hall–Kier alpha value is -1.88. The van der Waals surface area contributed by atoms with E-state index in [0.717, 1.165) is 0 Å². The minimum atomic E-state index is -1.16. The number of carboxylic acid groups (broad SMARTS) is 1. The molecule has 2 aliphatic rings. The van der Waals surface area contributed by atoms with Gasteiger partial charge in [-0.15, -0.1) is 0 Å². The Morgan fingerprint density at radius 2 is 1.71 bits per heavy atom. The molecule has 2 N–H and O–H groups in total. The molecule has 1 aliphatic carbocycles. The minimum absolute atomic E-state index is 0.157. The van der Waals surface area contributed by atoms with E-state index in [-0.39, 0.29) is 11.8 Å². The van der Waals surface area contributed by atoms with Crippen LogP contribution in [-0.2, 0) is 27.2 Å². The molecule has 1 aromatic rings. The molecule has 0 aromatic heterocycles. The predicted octanol–water partition coefficient (Wildman–Crippen LogP) is 1.15. The zero-order valence-corrected chi connectivity index (χ0v) is 11.8. The highest BCUT2D eigenvalue weighted by Gasteiger charge is 2.43. The lowest BCUT2D eigenvalue weighted by atomic mass is 9.89. The summed E-state index contributed by atoms with van der Waals surface area (Å²) in [6.45, 7) is 0.745. The quantitative estimate of drug-likeness (QED) is 0.875. The summed E-state index contributed by atoms with van der Waals surface area (Å²) in [6.07, 6.45) is 2.03. The van der Waals surface area contributed by atoms with Gasteiger partial charge in [0.15, 0.2) is 0 Å². The van der Waals surface area contributed by atoms with Crippen LogP contribution in [0.2, 0.25) is 0 Å². The summed E-state index contributed by atoms with van der Waals surface area (Å²) in [5.74, 6) is -1.29. The third kappa shape index (κ3) is 2.65. The van der Waals surface area contributed by atoms with Crippen LogP contribution in [0.15, 0.2) is 24.3 Å². The van der Waals surface area contributed by atoms with Gasteiger partial charge in [0.2, 0.25) is 5.91 Å². The number of benzene rings is 1. The van der Waals surface area contributed by atoms with Crippen molar-refractivity contribution in [3.05, 3.63) is 35.4 Å². The van der Waals surface area contributed by atoms with Crippen LogP contribution < -0.4 is 5.32 Å². The molecule has 112 valence electrons. The van der Waals surface area contributed by atoms with Crippen LogP contribution in [0.4, 0.5) is 0 Å². The predicted molar refractivity (Wildman–Crippen MR) is 75.9 cm³/mol. The van der Waals surface area contributed by atoms with Gasteiger partial charge in [-0.25, -0.2) is 4.79 Å². The third-order valence-corrected chi connectivity index (χ3v) is 4.54. The Balaban J connectivity index is 1.70. The largest absolute Gasteiger partial charge is 0.480 e. The Labute approximate surface area is 123 Å². The van der Waals surface area contributed by atoms with E-state index >= 15 is 0 Å². The number of ether oxygens (including phenoxy) is 1. The first-order chi connectivity index (χ1) is 10.1. The topological polar surface area (TPSA) is 75.6 Å². The molecule has 1 aromatic carbocycles. The lowest BCUT2D eigenvalue weighted by Gasteiger charge is -2.34. The summed E-state index contributed by atoms with van der Waals surface area (Å²) >= 11 is 0. The first-order valence-electron chi connectivity index (χ1n) is 7.31. The lowest BCUT2D eigenvalue weighted by Crippen LogP contribution is -2.58. The maximum Gasteiger partial charge on any atom is 0.329 e. The highest BCUT2D eigenvalue weighted by molar-refractivity contribution is 5.88. The zero-order valence-electron chi connectivity index (χ0n) is 11.8. The normalized spacial score (nSPS) is 20.8. The van der Waals surface area contributed by atoms with Gasteiger partial charge in [0.25, 0.3) is 0 Å². The molecule has 5 heteroatoms. The molecule has 1 amide bonds. The molecule has 1 aliphatic heterocycles. The van der Waals surface area contributed by atoms with Crippen LogP contribution in [0.5, 0.6) is 0 Å². The van der Waals surface area contributed by atoms with Gasteiger partial charge in [-0.1, -0.05) is 24.3 Å². The molecular weight excluding hydrogens is 270 g/mol. The molecule has 0 saturated carbocycles. The Morgan fingerprint density at radius 3 is 2.24 bits per heavy atom. The van der Waals surface area contributed by atoms with Crippen molar-refractivity contribution < 1.29 is 19.4 Å². The van der Waals surface area contributed by atoms with Crippen LogP contribution in [0.1, 0.15) is 24.0 Å². The summed E-state index contributed by atoms with van der Waals surface area (Å²) < 4.78 is 5.22. The fraction of sp³-hybridized carbons (Fsp3) is 0.500. The van der Waals surface area contributed by atoms with E-state index in [1.807, 2.05) is 24.3 Å². The van der Waals surface area contributed by atoms with Crippen molar-refractivity contribution in [3.63, 3.8) is 0 Å². The van der Waals surface area contributed by atoms with Crippen molar-refractivity contribution in [1.82, 2.24) is 5.32 Å². The number of hydrogen-bond acceptors (Lipinski definition) is 3. The van der Waals surface area contributed by atoms with Gasteiger partial charge >= 0.3 is 5.97 Å². The van der Waals surface area contributed by atoms with E-state index in [9.17, 15) is 14.7 Å². The van der Waals surface area contributed by atoms with Crippen LogP contribution in [0.25, 0.3) is 0 Å². The van der Waals surface area contributed by atoms with E-state index in [1.54, 1.807) is 0 Å². The fourth-order valence-corrected chi connectivity index (χ4v) is 3.19. The lowest BCUT2D eigenvalue weighted by molar-refractivity contribution is -0.152. The van der Waals surface area contributed by atoms with Crippen molar-refractivity contribution in [2.45, 2.75) is 31.2 Å². The second-order valence-electron chi connectivity index (χ2n) is 5.86. The molecule has 0 atom stereocenters. The van der Waals surface area contributed by atoms with Crippen molar-refractivity contribution in [1.29, 1.82) is 0 Å². The monoisotopic (exact) mass is 289 g/mol. The van der Waals surface area contributed by atoms with E-state index < -0.39 is 11.5 Å². The second kappa shape index (κ2) is 5.48. The molecule has 1 heterocycles. The molecule has 0 radical (unpaired) electrons. The number of aliphatic carboxylic acids is 1. The van der Waals surface area contributed by atoms with Gasteiger partial charge in [0, 0.05) is 32.0 Å². The fourth-order valence-electron chi connectivity index (χ4n) is 3.19. The molecule has 5 nitrogen and oxygen atoms in total. The summed E-state index contributed by atoms with van der Waals surface area (Å²) in [5.41, 5.74) is 1.22. The van der Waals surface area contributed by atoms with Gasteiger partial charge in [0.05, 0.1) is 0 Å². The number of fused-ring (bicyclic) bond motifs is 1.